The van der Waals surface area contributed by atoms with Crippen molar-refractivity contribution in [3.8, 4) is 0 Å². The fraction of sp³-hybridized carbons (Fsp3) is 0.625. The molecule has 1 aromatic rings. The molecule has 0 bridgehead atoms. The van der Waals surface area contributed by atoms with Gasteiger partial charge in [-0.15, -0.1) is 0 Å². The Balaban J connectivity index is 2.46. The molecule has 1 nitrogen and oxygen atoms in total. The predicted molar refractivity (Wildman–Crippen MR) is 72.0 cm³/mol. The van der Waals surface area contributed by atoms with Gasteiger partial charge < -0.3 is 5.11 Å². The molecule has 1 N–H and O–H groups in total. The first-order chi connectivity index (χ1) is 7.95. The SMILES string of the molecule is Cc1ccc(C)c(C2(O)CCCC(C)C2C)c1. The zero-order valence-corrected chi connectivity index (χ0v) is 11.5. The van der Waals surface area contributed by atoms with E-state index in [1.165, 1.54) is 17.5 Å². The van der Waals surface area contributed by atoms with Crippen LogP contribution in [0.15, 0.2) is 18.2 Å². The Hall–Kier alpha value is -0.820. The van der Waals surface area contributed by atoms with Crippen molar-refractivity contribution in [2.45, 2.75) is 52.6 Å². The van der Waals surface area contributed by atoms with Crippen LogP contribution < -0.4 is 0 Å². The van der Waals surface area contributed by atoms with E-state index in [9.17, 15) is 5.11 Å². The molecular formula is C16H24O. The molecule has 1 aliphatic carbocycles. The second kappa shape index (κ2) is 4.45. The van der Waals surface area contributed by atoms with Crippen molar-refractivity contribution in [1.82, 2.24) is 0 Å². The quantitative estimate of drug-likeness (QED) is 0.777. The summed E-state index contributed by atoms with van der Waals surface area (Å²) < 4.78 is 0. The van der Waals surface area contributed by atoms with Gasteiger partial charge in [-0.25, -0.2) is 0 Å². The highest BCUT2D eigenvalue weighted by molar-refractivity contribution is 5.36. The third kappa shape index (κ3) is 2.13. The van der Waals surface area contributed by atoms with Crippen LogP contribution in [-0.4, -0.2) is 5.11 Å². The van der Waals surface area contributed by atoms with E-state index < -0.39 is 5.60 Å². The Morgan fingerprint density at radius 1 is 1.24 bits per heavy atom. The standard InChI is InChI=1S/C16H24O/c1-11-7-8-13(3)15(10-11)16(17)9-5-6-12(2)14(16)4/h7-8,10,12,14,17H,5-6,9H2,1-4H3. The lowest BCUT2D eigenvalue weighted by Crippen LogP contribution is -2.41. The van der Waals surface area contributed by atoms with E-state index in [0.29, 0.717) is 11.8 Å². The minimum absolute atomic E-state index is 0.344. The molecule has 1 fully saturated rings. The molecule has 0 aromatic heterocycles. The monoisotopic (exact) mass is 232 g/mol. The molecule has 0 aliphatic heterocycles. The number of hydrogen-bond acceptors (Lipinski definition) is 1. The van der Waals surface area contributed by atoms with E-state index in [4.69, 9.17) is 0 Å². The number of benzene rings is 1. The molecule has 94 valence electrons. The third-order valence-electron chi connectivity index (χ3n) is 4.68. The average molecular weight is 232 g/mol. The maximum Gasteiger partial charge on any atom is 0.0927 e. The lowest BCUT2D eigenvalue weighted by atomic mass is 9.66. The smallest absolute Gasteiger partial charge is 0.0927 e. The van der Waals surface area contributed by atoms with E-state index in [1.54, 1.807) is 0 Å². The van der Waals surface area contributed by atoms with Gasteiger partial charge in [0, 0.05) is 0 Å². The summed E-state index contributed by atoms with van der Waals surface area (Å²) in [6, 6.07) is 6.43. The molecule has 0 saturated heterocycles. The van der Waals surface area contributed by atoms with Gasteiger partial charge in [-0.3, -0.25) is 0 Å². The van der Waals surface area contributed by atoms with Crippen LogP contribution in [-0.2, 0) is 5.60 Å². The van der Waals surface area contributed by atoms with Gasteiger partial charge in [0.25, 0.3) is 0 Å². The van der Waals surface area contributed by atoms with E-state index in [0.717, 1.165) is 18.4 Å². The largest absolute Gasteiger partial charge is 0.385 e. The van der Waals surface area contributed by atoms with Gasteiger partial charge >= 0.3 is 0 Å². The first-order valence-electron chi connectivity index (χ1n) is 6.75. The van der Waals surface area contributed by atoms with Gasteiger partial charge in [0.1, 0.15) is 0 Å². The first-order valence-corrected chi connectivity index (χ1v) is 6.75. The molecule has 1 heteroatoms. The van der Waals surface area contributed by atoms with Gasteiger partial charge in [-0.05, 0) is 49.7 Å². The highest BCUT2D eigenvalue weighted by Gasteiger charge is 2.41. The van der Waals surface area contributed by atoms with Gasteiger partial charge in [-0.1, -0.05) is 44.0 Å². The van der Waals surface area contributed by atoms with Crippen LogP contribution in [0.5, 0.6) is 0 Å². The number of hydrogen-bond donors (Lipinski definition) is 1. The third-order valence-corrected chi connectivity index (χ3v) is 4.68. The number of aryl methyl sites for hydroxylation is 2. The van der Waals surface area contributed by atoms with E-state index in [-0.39, 0.29) is 0 Å². The first kappa shape index (κ1) is 12.6. The second-order valence-corrected chi connectivity index (χ2v) is 5.90. The van der Waals surface area contributed by atoms with Crippen LogP contribution >= 0.6 is 0 Å². The van der Waals surface area contributed by atoms with E-state index in [2.05, 4.69) is 45.9 Å². The van der Waals surface area contributed by atoms with Gasteiger partial charge in [-0.2, -0.15) is 0 Å². The molecule has 1 saturated carbocycles. The van der Waals surface area contributed by atoms with Crippen molar-refractivity contribution < 1.29 is 5.11 Å². The minimum Gasteiger partial charge on any atom is -0.385 e. The Morgan fingerprint density at radius 3 is 2.65 bits per heavy atom. The summed E-state index contributed by atoms with van der Waals surface area (Å²) in [7, 11) is 0. The molecule has 0 radical (unpaired) electrons. The lowest BCUT2D eigenvalue weighted by molar-refractivity contribution is -0.0693. The lowest BCUT2D eigenvalue weighted by Gasteiger charge is -2.43. The summed E-state index contributed by atoms with van der Waals surface area (Å²) in [5.74, 6) is 0.949. The van der Waals surface area contributed by atoms with Crippen LogP contribution in [0.25, 0.3) is 0 Å². The molecule has 0 spiro atoms. The molecule has 1 aromatic carbocycles. The topological polar surface area (TPSA) is 20.2 Å². The second-order valence-electron chi connectivity index (χ2n) is 5.90. The fourth-order valence-corrected chi connectivity index (χ4v) is 3.22. The minimum atomic E-state index is -0.617. The number of rotatable bonds is 1. The van der Waals surface area contributed by atoms with Crippen molar-refractivity contribution in [2.75, 3.05) is 0 Å². The highest BCUT2D eigenvalue weighted by atomic mass is 16.3. The van der Waals surface area contributed by atoms with E-state index in [1.807, 2.05) is 0 Å². The molecule has 3 atom stereocenters. The maximum absolute atomic E-state index is 11.1. The molecule has 0 heterocycles. The summed E-state index contributed by atoms with van der Waals surface area (Å²) in [5.41, 5.74) is 2.99. The Morgan fingerprint density at radius 2 is 1.94 bits per heavy atom. The highest BCUT2D eigenvalue weighted by Crippen LogP contribution is 2.45. The van der Waals surface area contributed by atoms with Crippen molar-refractivity contribution in [3.05, 3.63) is 34.9 Å². The Labute approximate surface area is 105 Å². The molecular weight excluding hydrogens is 208 g/mol. The predicted octanol–water partition coefficient (Wildman–Crippen LogP) is 3.95. The van der Waals surface area contributed by atoms with Crippen LogP contribution in [0.2, 0.25) is 0 Å². The summed E-state index contributed by atoms with van der Waals surface area (Å²) in [6.45, 7) is 8.67. The van der Waals surface area contributed by atoms with Crippen LogP contribution in [0.3, 0.4) is 0 Å². The summed E-state index contributed by atoms with van der Waals surface area (Å²) in [5, 5.41) is 11.1. The van der Waals surface area contributed by atoms with E-state index >= 15 is 0 Å². The van der Waals surface area contributed by atoms with Gasteiger partial charge in [0.05, 0.1) is 5.60 Å². The molecule has 0 amide bonds. The van der Waals surface area contributed by atoms with Crippen molar-refractivity contribution in [3.63, 3.8) is 0 Å². The zero-order chi connectivity index (χ0) is 12.6. The van der Waals surface area contributed by atoms with Crippen molar-refractivity contribution in [2.24, 2.45) is 11.8 Å². The summed E-state index contributed by atoms with van der Waals surface area (Å²) in [6.07, 6.45) is 3.28. The van der Waals surface area contributed by atoms with Crippen molar-refractivity contribution in [1.29, 1.82) is 0 Å². The van der Waals surface area contributed by atoms with Crippen LogP contribution in [0.1, 0.15) is 49.8 Å². The molecule has 2 rings (SSSR count). The van der Waals surface area contributed by atoms with Crippen LogP contribution in [0.4, 0.5) is 0 Å². The maximum atomic E-state index is 11.1. The van der Waals surface area contributed by atoms with Crippen molar-refractivity contribution >= 4 is 0 Å². The summed E-state index contributed by atoms with van der Waals surface area (Å²) in [4.78, 5) is 0. The van der Waals surface area contributed by atoms with Gasteiger partial charge in [0.2, 0.25) is 0 Å². The molecule has 17 heavy (non-hydrogen) atoms. The molecule has 3 unspecified atom stereocenters. The number of aliphatic hydroxyl groups is 1. The zero-order valence-electron chi connectivity index (χ0n) is 11.5. The van der Waals surface area contributed by atoms with Gasteiger partial charge in [0.15, 0.2) is 0 Å². The molecule has 1 aliphatic rings. The fourth-order valence-electron chi connectivity index (χ4n) is 3.22. The summed E-state index contributed by atoms with van der Waals surface area (Å²) >= 11 is 0. The Kier molecular flexibility index (Phi) is 3.31. The average Bonchev–Trinajstić information content (AvgIpc) is 2.29. The normalized spacial score (nSPS) is 33.7. The van der Waals surface area contributed by atoms with Crippen LogP contribution in [0, 0.1) is 25.7 Å². The Bertz CT molecular complexity index is 410.